The molecule has 3 nitrogen and oxygen atoms in total. The molecule has 0 spiro atoms. The van der Waals surface area contributed by atoms with Gasteiger partial charge in [0, 0.05) is 12.6 Å². The van der Waals surface area contributed by atoms with Gasteiger partial charge >= 0.3 is 0 Å². The van der Waals surface area contributed by atoms with Crippen LogP contribution >= 0.6 is 0 Å². The first-order valence-electron chi connectivity index (χ1n) is 6.00. The summed E-state index contributed by atoms with van der Waals surface area (Å²) in [7, 11) is 3.08. The normalized spacial score (nSPS) is 14.2. The molecule has 1 aliphatic carbocycles. The highest BCUT2D eigenvalue weighted by molar-refractivity contribution is 5.93. The Balaban J connectivity index is 2.17. The van der Waals surface area contributed by atoms with E-state index >= 15 is 0 Å². The fraction of sp³-hybridized carbons (Fsp3) is 0.267. The van der Waals surface area contributed by atoms with E-state index in [2.05, 4.69) is 18.2 Å². The van der Waals surface area contributed by atoms with Gasteiger partial charge in [0.15, 0.2) is 0 Å². The van der Waals surface area contributed by atoms with Crippen LogP contribution in [0, 0.1) is 0 Å². The van der Waals surface area contributed by atoms with Crippen molar-refractivity contribution in [3.05, 3.63) is 53.6 Å². The summed E-state index contributed by atoms with van der Waals surface area (Å²) in [4.78, 5) is 16.7. The average molecular weight is 243 g/mol. The SMILES string of the molecule is CON(C)C(=O)c1ccc(C2=CC=CCC2)cc1. The maximum atomic E-state index is 11.8. The van der Waals surface area contributed by atoms with Crippen molar-refractivity contribution in [1.29, 1.82) is 0 Å². The monoisotopic (exact) mass is 243 g/mol. The molecule has 1 aromatic carbocycles. The number of benzene rings is 1. The molecule has 3 heteroatoms. The average Bonchev–Trinajstić information content (AvgIpc) is 2.47. The molecule has 0 radical (unpaired) electrons. The van der Waals surface area contributed by atoms with Crippen LogP contribution in [-0.4, -0.2) is 25.1 Å². The van der Waals surface area contributed by atoms with Crippen LogP contribution in [0.3, 0.4) is 0 Å². The van der Waals surface area contributed by atoms with Crippen molar-refractivity contribution in [2.45, 2.75) is 12.8 Å². The number of allylic oxidation sites excluding steroid dienone is 4. The Morgan fingerprint density at radius 3 is 2.56 bits per heavy atom. The number of amides is 1. The number of rotatable bonds is 3. The maximum absolute atomic E-state index is 11.8. The van der Waals surface area contributed by atoms with E-state index in [0.29, 0.717) is 5.56 Å². The molecule has 0 fully saturated rings. The van der Waals surface area contributed by atoms with Gasteiger partial charge < -0.3 is 0 Å². The summed E-state index contributed by atoms with van der Waals surface area (Å²) in [6.07, 6.45) is 8.51. The highest BCUT2D eigenvalue weighted by Crippen LogP contribution is 2.23. The molecular weight excluding hydrogens is 226 g/mol. The van der Waals surface area contributed by atoms with E-state index in [1.165, 1.54) is 23.3 Å². The van der Waals surface area contributed by atoms with E-state index in [1.807, 2.05) is 24.3 Å². The molecular formula is C15H17NO2. The largest absolute Gasteiger partial charge is 0.277 e. The smallest absolute Gasteiger partial charge is 0.274 e. The zero-order valence-corrected chi connectivity index (χ0v) is 10.7. The standard InChI is InChI=1S/C15H17NO2/c1-16(18-2)15(17)14-10-8-13(9-11-14)12-6-4-3-5-7-12/h3-4,6,8-11H,5,7H2,1-2H3. The Bertz CT molecular complexity index is 486. The fourth-order valence-corrected chi connectivity index (χ4v) is 1.93. The first-order chi connectivity index (χ1) is 8.72. The third-order valence-corrected chi connectivity index (χ3v) is 3.08. The predicted octanol–water partition coefficient (Wildman–Crippen LogP) is 3.05. The molecule has 0 N–H and O–H groups in total. The minimum Gasteiger partial charge on any atom is -0.274 e. The van der Waals surface area contributed by atoms with Gasteiger partial charge in [-0.3, -0.25) is 9.63 Å². The number of nitrogens with zero attached hydrogens (tertiary/aromatic N) is 1. The molecule has 18 heavy (non-hydrogen) atoms. The van der Waals surface area contributed by atoms with Crippen LogP contribution in [0.1, 0.15) is 28.8 Å². The van der Waals surface area contributed by atoms with Crippen molar-refractivity contribution in [3.8, 4) is 0 Å². The van der Waals surface area contributed by atoms with Crippen LogP contribution in [0.15, 0.2) is 42.5 Å². The number of carbonyl (C=O) groups excluding carboxylic acids is 1. The van der Waals surface area contributed by atoms with E-state index in [-0.39, 0.29) is 5.91 Å². The van der Waals surface area contributed by atoms with Gasteiger partial charge in [-0.25, -0.2) is 5.06 Å². The molecule has 94 valence electrons. The summed E-state index contributed by atoms with van der Waals surface area (Å²) in [6, 6.07) is 7.65. The van der Waals surface area contributed by atoms with Gasteiger partial charge in [0.25, 0.3) is 5.91 Å². The first-order valence-corrected chi connectivity index (χ1v) is 6.00. The Hall–Kier alpha value is -1.87. The number of hydrogen-bond acceptors (Lipinski definition) is 2. The summed E-state index contributed by atoms with van der Waals surface area (Å²) in [5, 5.41) is 1.22. The molecule has 1 amide bonds. The first kappa shape index (κ1) is 12.6. The predicted molar refractivity (Wildman–Crippen MR) is 71.9 cm³/mol. The van der Waals surface area contributed by atoms with E-state index in [1.54, 1.807) is 7.05 Å². The maximum Gasteiger partial charge on any atom is 0.277 e. The molecule has 0 unspecified atom stereocenters. The molecule has 0 saturated carbocycles. The topological polar surface area (TPSA) is 29.5 Å². The minimum absolute atomic E-state index is 0.137. The lowest BCUT2D eigenvalue weighted by molar-refractivity contribution is -0.0756. The third kappa shape index (κ3) is 2.68. The second-order valence-electron chi connectivity index (χ2n) is 4.22. The van der Waals surface area contributed by atoms with Gasteiger partial charge in [0.2, 0.25) is 0 Å². The summed E-state index contributed by atoms with van der Waals surface area (Å²) >= 11 is 0. The molecule has 1 aliphatic rings. The van der Waals surface area contributed by atoms with Crippen molar-refractivity contribution in [3.63, 3.8) is 0 Å². The lowest BCUT2D eigenvalue weighted by Crippen LogP contribution is -2.25. The summed E-state index contributed by atoms with van der Waals surface area (Å²) in [5.74, 6) is -0.137. The van der Waals surface area contributed by atoms with E-state index in [9.17, 15) is 4.79 Å². The Kier molecular flexibility index (Phi) is 3.95. The van der Waals surface area contributed by atoms with Crippen molar-refractivity contribution < 1.29 is 9.63 Å². The Labute approximate surface area is 107 Å². The molecule has 0 bridgehead atoms. The molecule has 0 aromatic heterocycles. The van der Waals surface area contributed by atoms with Crippen molar-refractivity contribution in [2.75, 3.05) is 14.2 Å². The number of hydroxylamine groups is 2. The summed E-state index contributed by atoms with van der Waals surface area (Å²) in [6.45, 7) is 0. The fourth-order valence-electron chi connectivity index (χ4n) is 1.93. The molecule has 2 rings (SSSR count). The van der Waals surface area contributed by atoms with Gasteiger partial charge in [-0.15, -0.1) is 0 Å². The minimum atomic E-state index is -0.137. The lowest BCUT2D eigenvalue weighted by Gasteiger charge is -2.14. The second-order valence-corrected chi connectivity index (χ2v) is 4.22. The zero-order valence-electron chi connectivity index (χ0n) is 10.7. The zero-order chi connectivity index (χ0) is 13.0. The van der Waals surface area contributed by atoms with Crippen molar-refractivity contribution >= 4 is 11.5 Å². The van der Waals surface area contributed by atoms with Gasteiger partial charge in [-0.1, -0.05) is 30.4 Å². The van der Waals surface area contributed by atoms with E-state index in [4.69, 9.17) is 4.84 Å². The molecule has 0 atom stereocenters. The molecule has 1 aromatic rings. The van der Waals surface area contributed by atoms with Gasteiger partial charge in [-0.05, 0) is 36.1 Å². The molecule has 0 heterocycles. The quantitative estimate of drug-likeness (QED) is 0.764. The van der Waals surface area contributed by atoms with E-state index in [0.717, 1.165) is 12.8 Å². The van der Waals surface area contributed by atoms with Gasteiger partial charge in [-0.2, -0.15) is 0 Å². The highest BCUT2D eigenvalue weighted by atomic mass is 16.7. The van der Waals surface area contributed by atoms with Crippen molar-refractivity contribution in [1.82, 2.24) is 5.06 Å². The van der Waals surface area contributed by atoms with Gasteiger partial charge in [0.05, 0.1) is 7.11 Å². The Morgan fingerprint density at radius 1 is 1.28 bits per heavy atom. The lowest BCUT2D eigenvalue weighted by atomic mass is 9.96. The molecule has 0 saturated heterocycles. The second kappa shape index (κ2) is 5.65. The van der Waals surface area contributed by atoms with Crippen molar-refractivity contribution in [2.24, 2.45) is 0 Å². The third-order valence-electron chi connectivity index (χ3n) is 3.08. The highest BCUT2D eigenvalue weighted by Gasteiger charge is 2.11. The van der Waals surface area contributed by atoms with Crippen LogP contribution < -0.4 is 0 Å². The van der Waals surface area contributed by atoms with Crippen LogP contribution in [0.4, 0.5) is 0 Å². The summed E-state index contributed by atoms with van der Waals surface area (Å²) < 4.78 is 0. The number of carbonyl (C=O) groups is 1. The molecule has 0 aliphatic heterocycles. The Morgan fingerprint density at radius 2 is 2.00 bits per heavy atom. The van der Waals surface area contributed by atoms with Crippen LogP contribution in [0.2, 0.25) is 0 Å². The van der Waals surface area contributed by atoms with E-state index < -0.39 is 0 Å². The summed E-state index contributed by atoms with van der Waals surface area (Å²) in [5.41, 5.74) is 3.13. The van der Waals surface area contributed by atoms with Gasteiger partial charge in [0.1, 0.15) is 0 Å². The van der Waals surface area contributed by atoms with Crippen LogP contribution in [0.25, 0.3) is 5.57 Å². The van der Waals surface area contributed by atoms with Crippen LogP contribution in [0.5, 0.6) is 0 Å². The number of hydrogen-bond donors (Lipinski definition) is 0. The van der Waals surface area contributed by atoms with Crippen LogP contribution in [-0.2, 0) is 4.84 Å².